The summed E-state index contributed by atoms with van der Waals surface area (Å²) in [5.41, 5.74) is 0.703. The molecule has 2 rings (SSSR count). The van der Waals surface area contributed by atoms with Gasteiger partial charge in [0, 0.05) is 0 Å². The molecule has 1 heterocycles. The van der Waals surface area contributed by atoms with Gasteiger partial charge in [0.1, 0.15) is 0 Å². The number of rotatable bonds is 1. The number of anilines is 1. The quantitative estimate of drug-likeness (QED) is 0.761. The van der Waals surface area contributed by atoms with E-state index in [1.54, 1.807) is 34.9 Å². The number of carbonyl (C=O) groups excluding carboxylic acids is 1. The van der Waals surface area contributed by atoms with Crippen LogP contribution in [0.1, 0.15) is 0 Å². The van der Waals surface area contributed by atoms with Gasteiger partial charge in [-0.3, -0.25) is 4.79 Å². The van der Waals surface area contributed by atoms with Gasteiger partial charge < -0.3 is 4.90 Å². The maximum atomic E-state index is 11.4. The molecule has 1 saturated heterocycles. The van der Waals surface area contributed by atoms with Crippen LogP contribution in [0.25, 0.3) is 0 Å². The van der Waals surface area contributed by atoms with Crippen LogP contribution in [0.4, 0.5) is 5.69 Å². The zero-order chi connectivity index (χ0) is 10.1. The van der Waals surface area contributed by atoms with Crippen LogP contribution in [0.5, 0.6) is 0 Å². The summed E-state index contributed by atoms with van der Waals surface area (Å²) in [5.74, 6) is 1.25. The van der Waals surface area contributed by atoms with Crippen molar-refractivity contribution in [2.75, 3.05) is 16.5 Å². The standard InChI is InChI=1S/C9H7Cl2NOS/c10-6-2-1-3-7(9(6)11)12-5-14-4-8(12)13/h1-3H,4-5H2. The zero-order valence-corrected chi connectivity index (χ0v) is 9.49. The molecular formula is C9H7Cl2NOS. The van der Waals surface area contributed by atoms with Crippen LogP contribution in [-0.4, -0.2) is 17.5 Å². The first-order chi connectivity index (χ1) is 6.70. The summed E-state index contributed by atoms with van der Waals surface area (Å²) in [6.45, 7) is 0. The number of benzene rings is 1. The number of hydrogen-bond acceptors (Lipinski definition) is 2. The second-order valence-electron chi connectivity index (χ2n) is 2.87. The van der Waals surface area contributed by atoms with Crippen molar-refractivity contribution in [1.29, 1.82) is 0 Å². The van der Waals surface area contributed by atoms with Crippen LogP contribution in [-0.2, 0) is 4.79 Å². The molecular weight excluding hydrogens is 241 g/mol. The number of halogens is 2. The predicted molar refractivity (Wildman–Crippen MR) is 61.3 cm³/mol. The maximum absolute atomic E-state index is 11.4. The van der Waals surface area contributed by atoms with Gasteiger partial charge in [-0.2, -0.15) is 0 Å². The molecule has 2 nitrogen and oxygen atoms in total. The minimum Gasteiger partial charge on any atom is -0.300 e. The SMILES string of the molecule is O=C1CSCN1c1cccc(Cl)c1Cl. The van der Waals surface area contributed by atoms with Gasteiger partial charge in [-0.25, -0.2) is 0 Å². The minimum atomic E-state index is 0.0826. The van der Waals surface area contributed by atoms with E-state index in [1.165, 1.54) is 0 Å². The fraction of sp³-hybridized carbons (Fsp3) is 0.222. The van der Waals surface area contributed by atoms with E-state index in [-0.39, 0.29) is 5.91 Å². The molecule has 0 N–H and O–H groups in total. The van der Waals surface area contributed by atoms with Crippen molar-refractivity contribution < 1.29 is 4.79 Å². The van der Waals surface area contributed by atoms with Gasteiger partial charge >= 0.3 is 0 Å². The summed E-state index contributed by atoms with van der Waals surface area (Å²) < 4.78 is 0. The second kappa shape index (κ2) is 4.01. The monoisotopic (exact) mass is 247 g/mol. The van der Waals surface area contributed by atoms with Crippen molar-refractivity contribution in [2.45, 2.75) is 0 Å². The normalized spacial score (nSPS) is 16.4. The summed E-state index contributed by atoms with van der Waals surface area (Å²) in [5, 5.41) is 0.930. The van der Waals surface area contributed by atoms with E-state index in [2.05, 4.69) is 0 Å². The highest BCUT2D eigenvalue weighted by Crippen LogP contribution is 2.35. The largest absolute Gasteiger partial charge is 0.300 e. The lowest BCUT2D eigenvalue weighted by Crippen LogP contribution is -2.25. The van der Waals surface area contributed by atoms with Crippen molar-refractivity contribution >= 4 is 46.6 Å². The van der Waals surface area contributed by atoms with Crippen molar-refractivity contribution in [1.82, 2.24) is 0 Å². The van der Waals surface area contributed by atoms with Gasteiger partial charge in [0.2, 0.25) is 5.91 Å². The molecule has 74 valence electrons. The van der Waals surface area contributed by atoms with E-state index in [9.17, 15) is 4.79 Å². The molecule has 0 atom stereocenters. The number of thioether (sulfide) groups is 1. The predicted octanol–water partition coefficient (Wildman–Crippen LogP) is 3.03. The van der Waals surface area contributed by atoms with Crippen LogP contribution in [0.2, 0.25) is 10.0 Å². The molecule has 1 aromatic rings. The smallest absolute Gasteiger partial charge is 0.237 e. The third-order valence-electron chi connectivity index (χ3n) is 1.97. The molecule has 0 bridgehead atoms. The Morgan fingerprint density at radius 2 is 2.14 bits per heavy atom. The fourth-order valence-electron chi connectivity index (χ4n) is 1.28. The lowest BCUT2D eigenvalue weighted by Gasteiger charge is -2.16. The molecule has 14 heavy (non-hydrogen) atoms. The van der Waals surface area contributed by atoms with Crippen molar-refractivity contribution in [3.05, 3.63) is 28.2 Å². The molecule has 1 aromatic carbocycles. The van der Waals surface area contributed by atoms with Gasteiger partial charge in [0.05, 0.1) is 27.4 Å². The zero-order valence-electron chi connectivity index (χ0n) is 7.17. The first-order valence-corrected chi connectivity index (χ1v) is 5.93. The first-order valence-electron chi connectivity index (χ1n) is 4.02. The van der Waals surface area contributed by atoms with E-state index < -0.39 is 0 Å². The Hall–Kier alpha value is -0.380. The van der Waals surface area contributed by atoms with Gasteiger partial charge in [0.25, 0.3) is 0 Å². The topological polar surface area (TPSA) is 20.3 Å². The highest BCUT2D eigenvalue weighted by atomic mass is 35.5. The average molecular weight is 248 g/mol. The van der Waals surface area contributed by atoms with Crippen LogP contribution in [0.3, 0.4) is 0 Å². The molecule has 0 aromatic heterocycles. The molecule has 0 radical (unpaired) electrons. The average Bonchev–Trinajstić information content (AvgIpc) is 2.57. The number of hydrogen-bond donors (Lipinski definition) is 0. The molecule has 0 unspecified atom stereocenters. The molecule has 0 spiro atoms. The van der Waals surface area contributed by atoms with Gasteiger partial charge in [-0.1, -0.05) is 29.3 Å². The number of nitrogens with zero attached hydrogens (tertiary/aromatic N) is 1. The Kier molecular flexibility index (Phi) is 2.91. The molecule has 5 heteroatoms. The van der Waals surface area contributed by atoms with Gasteiger partial charge in [-0.15, -0.1) is 11.8 Å². The van der Waals surface area contributed by atoms with Crippen molar-refractivity contribution in [3.8, 4) is 0 Å². The van der Waals surface area contributed by atoms with Crippen LogP contribution in [0.15, 0.2) is 18.2 Å². The summed E-state index contributed by atoms with van der Waals surface area (Å²) in [6.07, 6.45) is 0. The van der Waals surface area contributed by atoms with E-state index in [1.807, 2.05) is 0 Å². The van der Waals surface area contributed by atoms with E-state index in [4.69, 9.17) is 23.2 Å². The molecule has 1 fully saturated rings. The molecule has 0 saturated carbocycles. The fourth-order valence-corrected chi connectivity index (χ4v) is 2.56. The molecule has 1 aliphatic heterocycles. The van der Waals surface area contributed by atoms with E-state index in [0.29, 0.717) is 27.4 Å². The lowest BCUT2D eigenvalue weighted by molar-refractivity contribution is -0.115. The summed E-state index contributed by atoms with van der Waals surface area (Å²) in [4.78, 5) is 13.1. The molecule has 1 aliphatic rings. The Morgan fingerprint density at radius 1 is 1.36 bits per heavy atom. The lowest BCUT2D eigenvalue weighted by atomic mass is 10.3. The highest BCUT2D eigenvalue weighted by Gasteiger charge is 2.24. The van der Waals surface area contributed by atoms with E-state index >= 15 is 0 Å². The van der Waals surface area contributed by atoms with E-state index in [0.717, 1.165) is 0 Å². The second-order valence-corrected chi connectivity index (χ2v) is 4.61. The Balaban J connectivity index is 2.41. The van der Waals surface area contributed by atoms with Crippen LogP contribution < -0.4 is 4.90 Å². The van der Waals surface area contributed by atoms with Crippen LogP contribution in [0, 0.1) is 0 Å². The van der Waals surface area contributed by atoms with Crippen LogP contribution >= 0.6 is 35.0 Å². The Morgan fingerprint density at radius 3 is 2.79 bits per heavy atom. The maximum Gasteiger partial charge on any atom is 0.237 e. The van der Waals surface area contributed by atoms with Crippen molar-refractivity contribution in [3.63, 3.8) is 0 Å². The minimum absolute atomic E-state index is 0.0826. The summed E-state index contributed by atoms with van der Waals surface area (Å²) >= 11 is 13.4. The summed E-state index contributed by atoms with van der Waals surface area (Å²) in [7, 11) is 0. The molecule has 0 aliphatic carbocycles. The molecule has 1 amide bonds. The Labute approximate surface area is 96.2 Å². The first kappa shape index (κ1) is 10.1. The third kappa shape index (κ3) is 1.72. The highest BCUT2D eigenvalue weighted by molar-refractivity contribution is 8.00. The van der Waals surface area contributed by atoms with Gasteiger partial charge in [-0.05, 0) is 12.1 Å². The van der Waals surface area contributed by atoms with Gasteiger partial charge in [0.15, 0.2) is 0 Å². The summed E-state index contributed by atoms with van der Waals surface area (Å²) in [6, 6.07) is 5.30. The third-order valence-corrected chi connectivity index (χ3v) is 3.67. The Bertz CT molecular complexity index is 383. The van der Waals surface area contributed by atoms with Crippen molar-refractivity contribution in [2.24, 2.45) is 0 Å². The number of amides is 1. The number of carbonyl (C=O) groups is 1.